The molecule has 0 aromatic heterocycles. The minimum absolute atomic E-state index is 0.111. The van der Waals surface area contributed by atoms with Crippen molar-refractivity contribution in [2.45, 2.75) is 103 Å². The number of oxime groups is 1. The van der Waals surface area contributed by atoms with Crippen molar-refractivity contribution in [1.82, 2.24) is 0 Å². The number of carbonyl (C=O) groups excluding carboxylic acids is 1. The molecule has 1 aliphatic carbocycles. The van der Waals surface area contributed by atoms with Crippen LogP contribution < -0.4 is 0 Å². The predicted molar refractivity (Wildman–Crippen MR) is 134 cm³/mol. The molecule has 1 aromatic rings. The van der Waals surface area contributed by atoms with E-state index in [4.69, 9.17) is 16.4 Å². The molecule has 0 saturated heterocycles. The van der Waals surface area contributed by atoms with Gasteiger partial charge in [-0.1, -0.05) is 76.5 Å². The zero-order chi connectivity index (χ0) is 23.0. The summed E-state index contributed by atoms with van der Waals surface area (Å²) in [5.74, 6) is 3.61. The van der Waals surface area contributed by atoms with E-state index in [0.717, 1.165) is 23.4 Å². The summed E-state index contributed by atoms with van der Waals surface area (Å²) in [6.07, 6.45) is 4.19. The molecule has 1 aromatic carbocycles. The van der Waals surface area contributed by atoms with Crippen molar-refractivity contribution in [1.29, 1.82) is 0 Å². The molecular formula is C26H38ClNO2Si. The molecule has 1 fully saturated rings. The van der Waals surface area contributed by atoms with E-state index >= 15 is 0 Å². The van der Waals surface area contributed by atoms with Gasteiger partial charge < -0.3 is 4.84 Å². The van der Waals surface area contributed by atoms with Crippen LogP contribution in [0.1, 0.15) is 79.2 Å². The molecule has 5 heteroatoms. The van der Waals surface area contributed by atoms with Crippen LogP contribution in [0.5, 0.6) is 0 Å². The second-order valence-corrected chi connectivity index (χ2v) is 15.6. The van der Waals surface area contributed by atoms with Crippen molar-refractivity contribution in [2.75, 3.05) is 0 Å². The van der Waals surface area contributed by atoms with Crippen LogP contribution in [0, 0.1) is 11.5 Å². The Bertz CT molecular complexity index is 814. The quantitative estimate of drug-likeness (QED) is 0.231. The maximum Gasteiger partial charge on any atom is 0.180 e. The maximum atomic E-state index is 12.1. The first-order valence-corrected chi connectivity index (χ1v) is 14.3. The molecular weight excluding hydrogens is 422 g/mol. The first kappa shape index (κ1) is 25.7. The van der Waals surface area contributed by atoms with Crippen LogP contribution >= 0.6 is 11.6 Å². The standard InChI is InChI=1S/C26H38ClNO2Si/c1-19(2)31(20(3)4,21(5)6)17-11-13-23(18-22-12-7-8-14-24(22)27)30-28-25-15-9-10-16-26(25)29/h7-8,12,14,19-21,23H,9-10,13,15-16,18H2,1-6H3/b28-25+. The van der Waals surface area contributed by atoms with Crippen LogP contribution in [0.4, 0.5) is 0 Å². The van der Waals surface area contributed by atoms with Crippen molar-refractivity contribution >= 4 is 31.2 Å². The largest absolute Gasteiger partial charge is 0.391 e. The number of hydrogen-bond acceptors (Lipinski definition) is 3. The van der Waals surface area contributed by atoms with E-state index in [1.54, 1.807) is 0 Å². The van der Waals surface area contributed by atoms with Gasteiger partial charge in [-0.2, -0.15) is 0 Å². The van der Waals surface area contributed by atoms with Gasteiger partial charge in [0.25, 0.3) is 0 Å². The molecule has 0 amide bonds. The van der Waals surface area contributed by atoms with Crippen molar-refractivity contribution in [3.8, 4) is 11.5 Å². The van der Waals surface area contributed by atoms with E-state index < -0.39 is 8.07 Å². The number of nitrogens with zero attached hydrogens (tertiary/aromatic N) is 1. The summed E-state index contributed by atoms with van der Waals surface area (Å²) in [5, 5.41) is 5.00. The molecule has 0 radical (unpaired) electrons. The van der Waals surface area contributed by atoms with Crippen molar-refractivity contribution < 1.29 is 9.63 Å². The topological polar surface area (TPSA) is 38.7 Å². The smallest absolute Gasteiger partial charge is 0.180 e. The molecule has 0 N–H and O–H groups in total. The zero-order valence-corrected chi connectivity index (χ0v) is 21.8. The lowest BCUT2D eigenvalue weighted by molar-refractivity contribution is -0.113. The molecule has 0 spiro atoms. The SMILES string of the molecule is CC(C)[Si](C#CCC(Cc1ccccc1Cl)O/N=C1\CCCCC1=O)(C(C)C)C(C)C. The average Bonchev–Trinajstić information content (AvgIpc) is 2.70. The number of halogens is 1. The van der Waals surface area contributed by atoms with Crippen LogP contribution in [0.25, 0.3) is 0 Å². The van der Waals surface area contributed by atoms with Gasteiger partial charge in [0.05, 0.1) is 0 Å². The van der Waals surface area contributed by atoms with Crippen LogP contribution in [-0.4, -0.2) is 25.7 Å². The van der Waals surface area contributed by atoms with E-state index in [2.05, 4.69) is 58.2 Å². The molecule has 31 heavy (non-hydrogen) atoms. The van der Waals surface area contributed by atoms with Crippen LogP contribution in [0.15, 0.2) is 29.4 Å². The predicted octanol–water partition coefficient (Wildman–Crippen LogP) is 7.38. The fraction of sp³-hybridized carbons (Fsp3) is 0.615. The molecule has 1 aliphatic rings. The number of ketones is 1. The fourth-order valence-electron chi connectivity index (χ4n) is 4.90. The minimum Gasteiger partial charge on any atom is -0.391 e. The second-order valence-electron chi connectivity index (χ2n) is 9.59. The summed E-state index contributed by atoms with van der Waals surface area (Å²) in [6.45, 7) is 13.9. The minimum atomic E-state index is -1.80. The Balaban J connectivity index is 2.26. The summed E-state index contributed by atoms with van der Waals surface area (Å²) in [5.41, 5.74) is 7.12. The highest BCUT2D eigenvalue weighted by atomic mass is 35.5. The van der Waals surface area contributed by atoms with E-state index in [9.17, 15) is 4.79 Å². The van der Waals surface area contributed by atoms with Crippen LogP contribution in [-0.2, 0) is 16.1 Å². The highest BCUT2D eigenvalue weighted by Crippen LogP contribution is 2.40. The Hall–Kier alpha value is -1.57. The normalized spacial score (nSPS) is 17.2. The summed E-state index contributed by atoms with van der Waals surface area (Å²) in [7, 11) is -1.80. The zero-order valence-electron chi connectivity index (χ0n) is 20.0. The fourth-order valence-corrected chi connectivity index (χ4v) is 10.4. The first-order valence-electron chi connectivity index (χ1n) is 11.7. The second kappa shape index (κ2) is 11.9. The molecule has 1 unspecified atom stereocenters. The van der Waals surface area contributed by atoms with Crippen molar-refractivity contribution in [3.63, 3.8) is 0 Å². The van der Waals surface area contributed by atoms with Gasteiger partial charge in [0.2, 0.25) is 0 Å². The molecule has 3 nitrogen and oxygen atoms in total. The highest BCUT2D eigenvalue weighted by molar-refractivity contribution is 6.90. The van der Waals surface area contributed by atoms with E-state index in [0.29, 0.717) is 48.0 Å². The Labute approximate surface area is 195 Å². The van der Waals surface area contributed by atoms with E-state index in [1.165, 1.54) is 0 Å². The average molecular weight is 460 g/mol. The first-order chi connectivity index (χ1) is 14.7. The molecule has 1 saturated carbocycles. The van der Waals surface area contributed by atoms with Gasteiger partial charge in [0.1, 0.15) is 19.9 Å². The lowest BCUT2D eigenvalue weighted by Gasteiger charge is -2.38. The number of carbonyl (C=O) groups is 1. The number of Topliss-reactive ketones (excluding diaryl/α,β-unsaturated/α-hetero) is 1. The Kier molecular flexibility index (Phi) is 9.84. The summed E-state index contributed by atoms with van der Waals surface area (Å²) in [6, 6.07) is 7.82. The molecule has 0 bridgehead atoms. The molecule has 170 valence electrons. The molecule has 1 atom stereocenters. The van der Waals surface area contributed by atoms with Crippen LogP contribution in [0.2, 0.25) is 21.6 Å². The maximum absolute atomic E-state index is 12.1. The molecule has 0 heterocycles. The van der Waals surface area contributed by atoms with Gasteiger partial charge in [-0.3, -0.25) is 4.79 Å². The van der Waals surface area contributed by atoms with Gasteiger partial charge >= 0.3 is 0 Å². The van der Waals surface area contributed by atoms with Gasteiger partial charge in [-0.15, -0.1) is 11.5 Å². The van der Waals surface area contributed by atoms with Gasteiger partial charge in [-0.05, 0) is 47.5 Å². The Morgan fingerprint density at radius 1 is 1.03 bits per heavy atom. The summed E-state index contributed by atoms with van der Waals surface area (Å²) in [4.78, 5) is 18.1. The van der Waals surface area contributed by atoms with Gasteiger partial charge in [0, 0.05) is 24.3 Å². The number of rotatable bonds is 8. The van der Waals surface area contributed by atoms with Gasteiger partial charge in [0.15, 0.2) is 5.78 Å². The monoisotopic (exact) mass is 459 g/mol. The lowest BCUT2D eigenvalue weighted by atomic mass is 9.97. The van der Waals surface area contributed by atoms with Crippen molar-refractivity contribution in [3.05, 3.63) is 34.9 Å². The van der Waals surface area contributed by atoms with Crippen LogP contribution in [0.3, 0.4) is 0 Å². The Morgan fingerprint density at radius 2 is 1.65 bits per heavy atom. The van der Waals surface area contributed by atoms with Crippen molar-refractivity contribution in [2.24, 2.45) is 5.16 Å². The van der Waals surface area contributed by atoms with E-state index in [1.807, 2.05) is 24.3 Å². The third-order valence-electron chi connectivity index (χ3n) is 6.61. The summed E-state index contributed by atoms with van der Waals surface area (Å²) < 4.78 is 0. The molecule has 0 aliphatic heterocycles. The number of benzene rings is 1. The van der Waals surface area contributed by atoms with E-state index in [-0.39, 0.29) is 11.9 Å². The Morgan fingerprint density at radius 3 is 2.23 bits per heavy atom. The summed E-state index contributed by atoms with van der Waals surface area (Å²) >= 11 is 6.40. The third-order valence-corrected chi connectivity index (χ3v) is 13.3. The highest BCUT2D eigenvalue weighted by Gasteiger charge is 2.41. The number of hydrogen-bond donors (Lipinski definition) is 0. The van der Waals surface area contributed by atoms with Gasteiger partial charge in [-0.25, -0.2) is 0 Å². The lowest BCUT2D eigenvalue weighted by Crippen LogP contribution is -2.43. The molecule has 2 rings (SSSR count). The third kappa shape index (κ3) is 6.70.